The Morgan fingerprint density at radius 3 is 2.64 bits per heavy atom. The van der Waals surface area contributed by atoms with E-state index in [2.05, 4.69) is 10.6 Å². The van der Waals surface area contributed by atoms with Gasteiger partial charge in [-0.1, -0.05) is 6.92 Å². The van der Waals surface area contributed by atoms with Crippen LogP contribution in [-0.4, -0.2) is 54.3 Å². The van der Waals surface area contributed by atoms with E-state index in [4.69, 9.17) is 9.84 Å². The number of carbonyl (C=O) groups is 2. The molecule has 2 rings (SSSR count). The van der Waals surface area contributed by atoms with E-state index in [-0.39, 0.29) is 24.4 Å². The average molecular weight is 353 g/mol. The normalized spacial score (nSPS) is 19.2. The van der Waals surface area contributed by atoms with Gasteiger partial charge in [-0.05, 0) is 37.9 Å². The third kappa shape index (κ3) is 4.82. The Balaban J connectivity index is 1.84. The molecule has 1 aromatic carbocycles. The number of amides is 2. The number of carboxylic acid groups (broad SMARTS) is 1. The summed E-state index contributed by atoms with van der Waals surface area (Å²) in [5, 5.41) is 14.3. The number of benzene rings is 1. The van der Waals surface area contributed by atoms with Crippen LogP contribution in [0.3, 0.4) is 0 Å². The minimum Gasteiger partial charge on any atom is -0.494 e. The molecule has 0 spiro atoms. The van der Waals surface area contributed by atoms with Crippen molar-refractivity contribution in [3.63, 3.8) is 0 Å². The summed E-state index contributed by atoms with van der Waals surface area (Å²) in [6.07, 6.45) is 1.40. The first-order valence-corrected chi connectivity index (χ1v) is 8.21. The number of halogens is 1. The molecule has 0 bridgehead atoms. The maximum absolute atomic E-state index is 13.8. The van der Waals surface area contributed by atoms with Gasteiger partial charge >= 0.3 is 12.0 Å². The molecular weight excluding hydrogens is 329 g/mol. The molecule has 1 aliphatic carbocycles. The minimum atomic E-state index is -0.854. The standard InChI is InChI=1S/C17H24FN3O4/c1-4-21(9-16(22)23)12-6-11(7-12)19-17(24)20-14-8-13(18)15(25-3)5-10(14)2/h5,8,11-12H,4,6-7,9H2,1-3H3,(H,22,23)(H2,19,20,24). The number of carbonyl (C=O) groups excluding carboxylic acids is 1. The van der Waals surface area contributed by atoms with Gasteiger partial charge in [-0.15, -0.1) is 0 Å². The lowest BCUT2D eigenvalue weighted by molar-refractivity contribution is -0.139. The first kappa shape index (κ1) is 19.0. The molecule has 1 saturated carbocycles. The van der Waals surface area contributed by atoms with E-state index in [1.54, 1.807) is 6.92 Å². The number of nitrogens with one attached hydrogen (secondary N) is 2. The van der Waals surface area contributed by atoms with Crippen LogP contribution in [0.15, 0.2) is 12.1 Å². The lowest BCUT2D eigenvalue weighted by Crippen LogP contribution is -2.55. The maximum Gasteiger partial charge on any atom is 0.319 e. The van der Waals surface area contributed by atoms with Crippen molar-refractivity contribution in [2.45, 2.75) is 38.8 Å². The summed E-state index contributed by atoms with van der Waals surface area (Å²) in [4.78, 5) is 24.8. The van der Waals surface area contributed by atoms with E-state index >= 15 is 0 Å². The van der Waals surface area contributed by atoms with Crippen molar-refractivity contribution in [1.29, 1.82) is 0 Å². The third-order valence-electron chi connectivity index (χ3n) is 4.46. The van der Waals surface area contributed by atoms with Gasteiger partial charge in [-0.2, -0.15) is 0 Å². The van der Waals surface area contributed by atoms with E-state index < -0.39 is 17.8 Å². The Bertz CT molecular complexity index is 647. The molecule has 7 nitrogen and oxygen atoms in total. The van der Waals surface area contributed by atoms with Crippen LogP contribution < -0.4 is 15.4 Å². The SMILES string of the molecule is CCN(CC(=O)O)C1CC(NC(=O)Nc2cc(F)c(OC)cc2C)C1. The number of methoxy groups -OCH3 is 1. The molecule has 1 fully saturated rings. The molecule has 138 valence electrons. The molecule has 2 amide bonds. The van der Waals surface area contributed by atoms with Gasteiger partial charge in [0.25, 0.3) is 0 Å². The molecule has 0 unspecified atom stereocenters. The van der Waals surface area contributed by atoms with Crippen molar-refractivity contribution in [2.75, 3.05) is 25.5 Å². The van der Waals surface area contributed by atoms with Crippen LogP contribution in [0.1, 0.15) is 25.3 Å². The molecule has 0 heterocycles. The summed E-state index contributed by atoms with van der Waals surface area (Å²) in [6.45, 7) is 4.32. The molecule has 8 heteroatoms. The van der Waals surface area contributed by atoms with Gasteiger partial charge in [-0.3, -0.25) is 9.69 Å². The van der Waals surface area contributed by atoms with Gasteiger partial charge in [0.05, 0.1) is 13.7 Å². The molecule has 3 N–H and O–H groups in total. The number of hydrogen-bond acceptors (Lipinski definition) is 4. The van der Waals surface area contributed by atoms with Crippen molar-refractivity contribution >= 4 is 17.7 Å². The van der Waals surface area contributed by atoms with Crippen molar-refractivity contribution in [1.82, 2.24) is 10.2 Å². The Hall–Kier alpha value is -2.35. The number of hydrogen-bond donors (Lipinski definition) is 3. The van der Waals surface area contributed by atoms with E-state index in [1.165, 1.54) is 19.2 Å². The smallest absolute Gasteiger partial charge is 0.319 e. The highest BCUT2D eigenvalue weighted by Crippen LogP contribution is 2.27. The van der Waals surface area contributed by atoms with Gasteiger partial charge < -0.3 is 20.5 Å². The molecule has 0 aliphatic heterocycles. The van der Waals surface area contributed by atoms with E-state index in [0.717, 1.165) is 0 Å². The highest BCUT2D eigenvalue weighted by molar-refractivity contribution is 5.90. The first-order valence-electron chi connectivity index (χ1n) is 8.21. The van der Waals surface area contributed by atoms with Crippen LogP contribution in [0, 0.1) is 12.7 Å². The van der Waals surface area contributed by atoms with Crippen LogP contribution in [0.2, 0.25) is 0 Å². The molecule has 0 radical (unpaired) electrons. The molecular formula is C17H24FN3O4. The van der Waals surface area contributed by atoms with Crippen LogP contribution in [0.4, 0.5) is 14.9 Å². The van der Waals surface area contributed by atoms with Crippen LogP contribution in [-0.2, 0) is 4.79 Å². The number of aryl methyl sites for hydroxylation is 1. The third-order valence-corrected chi connectivity index (χ3v) is 4.46. The van der Waals surface area contributed by atoms with Crippen molar-refractivity contribution in [3.05, 3.63) is 23.5 Å². The minimum absolute atomic E-state index is 0.00437. The summed E-state index contributed by atoms with van der Waals surface area (Å²) in [5.41, 5.74) is 1.08. The van der Waals surface area contributed by atoms with Gasteiger partial charge in [-0.25, -0.2) is 9.18 Å². The number of ether oxygens (including phenoxy) is 1. The van der Waals surface area contributed by atoms with Crippen molar-refractivity contribution < 1.29 is 23.8 Å². The lowest BCUT2D eigenvalue weighted by atomic mass is 9.85. The van der Waals surface area contributed by atoms with E-state index in [1.807, 2.05) is 11.8 Å². The Morgan fingerprint density at radius 1 is 1.40 bits per heavy atom. The Morgan fingerprint density at radius 2 is 2.08 bits per heavy atom. The van der Waals surface area contributed by atoms with Crippen LogP contribution in [0.25, 0.3) is 0 Å². The van der Waals surface area contributed by atoms with Crippen molar-refractivity contribution in [2.24, 2.45) is 0 Å². The highest BCUT2D eigenvalue weighted by Gasteiger charge is 2.34. The summed E-state index contributed by atoms with van der Waals surface area (Å²) in [7, 11) is 1.38. The fourth-order valence-corrected chi connectivity index (χ4v) is 2.97. The number of rotatable bonds is 7. The summed E-state index contributed by atoms with van der Waals surface area (Å²) in [5.74, 6) is -1.27. The van der Waals surface area contributed by atoms with Gasteiger partial charge in [0, 0.05) is 23.8 Å². The number of nitrogens with zero attached hydrogens (tertiary/aromatic N) is 1. The van der Waals surface area contributed by atoms with Gasteiger partial charge in [0.1, 0.15) is 0 Å². The Kier molecular flexibility index (Phi) is 6.19. The summed E-state index contributed by atoms with van der Waals surface area (Å²) >= 11 is 0. The van der Waals surface area contributed by atoms with Gasteiger partial charge in [0.2, 0.25) is 0 Å². The van der Waals surface area contributed by atoms with Gasteiger partial charge in [0.15, 0.2) is 11.6 Å². The fourth-order valence-electron chi connectivity index (χ4n) is 2.97. The second kappa shape index (κ2) is 8.15. The molecule has 25 heavy (non-hydrogen) atoms. The highest BCUT2D eigenvalue weighted by atomic mass is 19.1. The second-order valence-electron chi connectivity index (χ2n) is 6.18. The quantitative estimate of drug-likeness (QED) is 0.699. The zero-order valence-corrected chi connectivity index (χ0v) is 14.6. The van der Waals surface area contributed by atoms with E-state index in [9.17, 15) is 14.0 Å². The molecule has 0 saturated heterocycles. The monoisotopic (exact) mass is 353 g/mol. The molecule has 0 atom stereocenters. The number of anilines is 1. The Labute approximate surface area is 146 Å². The summed E-state index contributed by atoms with van der Waals surface area (Å²) in [6, 6.07) is 2.48. The number of likely N-dealkylation sites (N-methyl/N-ethyl adjacent to an activating group) is 1. The largest absolute Gasteiger partial charge is 0.494 e. The fraction of sp³-hybridized carbons (Fsp3) is 0.529. The molecule has 1 aromatic rings. The van der Waals surface area contributed by atoms with Crippen LogP contribution >= 0.6 is 0 Å². The summed E-state index contributed by atoms with van der Waals surface area (Å²) < 4.78 is 18.7. The first-order chi connectivity index (χ1) is 11.8. The van der Waals surface area contributed by atoms with Crippen LogP contribution in [0.5, 0.6) is 5.75 Å². The topological polar surface area (TPSA) is 90.9 Å². The maximum atomic E-state index is 13.8. The predicted octanol–water partition coefficient (Wildman–Crippen LogP) is 2.20. The predicted molar refractivity (Wildman–Crippen MR) is 91.5 cm³/mol. The average Bonchev–Trinajstić information content (AvgIpc) is 2.51. The lowest BCUT2D eigenvalue weighted by Gasteiger charge is -2.42. The zero-order chi connectivity index (χ0) is 18.6. The van der Waals surface area contributed by atoms with Crippen molar-refractivity contribution in [3.8, 4) is 5.75 Å². The molecule has 0 aromatic heterocycles. The van der Waals surface area contributed by atoms with E-state index in [0.29, 0.717) is 30.6 Å². The number of carboxylic acids is 1. The number of aliphatic carboxylic acids is 1. The molecule has 1 aliphatic rings. The number of urea groups is 1. The second-order valence-corrected chi connectivity index (χ2v) is 6.18. The zero-order valence-electron chi connectivity index (χ0n) is 14.6.